The van der Waals surface area contributed by atoms with E-state index in [0.29, 0.717) is 6.07 Å². The second-order valence-electron chi connectivity index (χ2n) is 2.62. The van der Waals surface area contributed by atoms with E-state index in [1.54, 1.807) is 0 Å². The summed E-state index contributed by atoms with van der Waals surface area (Å²) in [6, 6.07) is 2.94. The minimum Gasteiger partial charge on any atom is -0.452 e. The molecule has 0 radical (unpaired) electrons. The second kappa shape index (κ2) is 4.04. The van der Waals surface area contributed by atoms with Gasteiger partial charge in [-0.1, -0.05) is 0 Å². The van der Waals surface area contributed by atoms with Gasteiger partial charge < -0.3 is 4.74 Å². The van der Waals surface area contributed by atoms with Crippen molar-refractivity contribution in [2.24, 2.45) is 0 Å². The smallest absolute Gasteiger partial charge is 0.413 e. The zero-order valence-corrected chi connectivity index (χ0v) is 7.75. The van der Waals surface area contributed by atoms with E-state index in [9.17, 15) is 13.6 Å². The summed E-state index contributed by atoms with van der Waals surface area (Å²) in [5.74, 6) is -1.50. The molecule has 0 saturated carbocycles. The highest BCUT2D eigenvalue weighted by atomic mass is 19.1. The van der Waals surface area contributed by atoms with Crippen molar-refractivity contribution in [3.63, 3.8) is 0 Å². The highest BCUT2D eigenvalue weighted by Crippen LogP contribution is 2.19. The summed E-state index contributed by atoms with van der Waals surface area (Å²) < 4.78 is 30.0. The third-order valence-corrected chi connectivity index (χ3v) is 1.72. The molecule has 0 aliphatic heterocycles. The van der Waals surface area contributed by atoms with Crippen molar-refractivity contribution >= 4 is 11.8 Å². The number of carbonyl (C=O) groups is 1. The molecule has 0 unspecified atom stereocenters. The van der Waals surface area contributed by atoms with E-state index in [1.165, 1.54) is 20.2 Å². The Bertz CT molecular complexity index is 355. The summed E-state index contributed by atoms with van der Waals surface area (Å²) >= 11 is 0. The van der Waals surface area contributed by atoms with E-state index in [0.717, 1.165) is 11.0 Å². The zero-order valence-electron chi connectivity index (χ0n) is 7.75. The van der Waals surface area contributed by atoms with E-state index < -0.39 is 17.7 Å². The summed E-state index contributed by atoms with van der Waals surface area (Å²) in [6.45, 7) is 0. The van der Waals surface area contributed by atoms with Crippen LogP contribution in [0.1, 0.15) is 0 Å². The molecule has 0 saturated heterocycles. The van der Waals surface area contributed by atoms with Crippen LogP contribution in [0.4, 0.5) is 19.3 Å². The highest BCUT2D eigenvalue weighted by molar-refractivity contribution is 5.86. The van der Waals surface area contributed by atoms with Crippen molar-refractivity contribution in [3.05, 3.63) is 29.8 Å². The van der Waals surface area contributed by atoms with Gasteiger partial charge in [0.15, 0.2) is 0 Å². The zero-order chi connectivity index (χ0) is 10.7. The van der Waals surface area contributed by atoms with Crippen molar-refractivity contribution in [1.82, 2.24) is 0 Å². The maximum Gasteiger partial charge on any atom is 0.413 e. The number of carbonyl (C=O) groups excluding carboxylic acids is 1. The van der Waals surface area contributed by atoms with Crippen LogP contribution in [0.3, 0.4) is 0 Å². The highest BCUT2D eigenvalue weighted by Gasteiger charge is 2.14. The Kier molecular flexibility index (Phi) is 3.01. The van der Waals surface area contributed by atoms with E-state index in [4.69, 9.17) is 0 Å². The Balaban J connectivity index is 3.01. The van der Waals surface area contributed by atoms with Crippen LogP contribution in [0, 0.1) is 11.6 Å². The summed E-state index contributed by atoms with van der Waals surface area (Å²) in [4.78, 5) is 11.9. The molecule has 1 rings (SSSR count). The first-order valence-electron chi connectivity index (χ1n) is 3.83. The number of benzene rings is 1. The van der Waals surface area contributed by atoms with Crippen LogP contribution < -0.4 is 4.90 Å². The molecule has 14 heavy (non-hydrogen) atoms. The van der Waals surface area contributed by atoms with Gasteiger partial charge in [-0.3, -0.25) is 4.90 Å². The topological polar surface area (TPSA) is 29.5 Å². The minimum absolute atomic E-state index is 0.0294. The summed E-state index contributed by atoms with van der Waals surface area (Å²) in [6.07, 6.45) is -0.712. The Morgan fingerprint density at radius 3 is 2.57 bits per heavy atom. The molecule has 0 heterocycles. The Labute approximate surface area is 79.9 Å². The summed E-state index contributed by atoms with van der Waals surface area (Å²) in [7, 11) is 2.52. The fourth-order valence-electron chi connectivity index (χ4n) is 0.989. The van der Waals surface area contributed by atoms with Gasteiger partial charge in [0.1, 0.15) is 11.6 Å². The number of nitrogens with zero attached hydrogens (tertiary/aromatic N) is 1. The molecular formula is C9H9F2NO2. The van der Waals surface area contributed by atoms with Gasteiger partial charge >= 0.3 is 6.09 Å². The van der Waals surface area contributed by atoms with Gasteiger partial charge in [0.2, 0.25) is 0 Å². The van der Waals surface area contributed by atoms with Gasteiger partial charge in [0, 0.05) is 13.1 Å². The number of hydrogen-bond donors (Lipinski definition) is 0. The maximum atomic E-state index is 13.1. The fourth-order valence-corrected chi connectivity index (χ4v) is 0.989. The molecule has 0 spiro atoms. The van der Waals surface area contributed by atoms with E-state index >= 15 is 0 Å². The monoisotopic (exact) mass is 201 g/mol. The fraction of sp³-hybridized carbons (Fsp3) is 0.222. The minimum atomic E-state index is -0.807. The number of rotatable bonds is 1. The van der Waals surface area contributed by atoms with Crippen LogP contribution in [-0.2, 0) is 4.74 Å². The lowest BCUT2D eigenvalue weighted by Crippen LogP contribution is -2.26. The van der Waals surface area contributed by atoms with Gasteiger partial charge in [-0.25, -0.2) is 13.6 Å². The van der Waals surface area contributed by atoms with Gasteiger partial charge in [-0.2, -0.15) is 0 Å². The molecule has 0 bridgehead atoms. The molecule has 0 fully saturated rings. The molecule has 1 amide bonds. The molecular weight excluding hydrogens is 192 g/mol. The number of amides is 1. The first-order chi connectivity index (χ1) is 6.56. The second-order valence-corrected chi connectivity index (χ2v) is 2.62. The third-order valence-electron chi connectivity index (χ3n) is 1.72. The van der Waals surface area contributed by atoms with Crippen molar-refractivity contribution < 1.29 is 18.3 Å². The lowest BCUT2D eigenvalue weighted by molar-refractivity contribution is 0.180. The summed E-state index contributed by atoms with van der Waals surface area (Å²) in [5, 5.41) is 0. The van der Waals surface area contributed by atoms with Crippen molar-refractivity contribution in [2.75, 3.05) is 19.1 Å². The maximum absolute atomic E-state index is 13.1. The Morgan fingerprint density at radius 2 is 2.07 bits per heavy atom. The Morgan fingerprint density at radius 1 is 1.43 bits per heavy atom. The normalized spacial score (nSPS) is 9.71. The molecule has 5 heteroatoms. The van der Waals surface area contributed by atoms with Crippen LogP contribution >= 0.6 is 0 Å². The van der Waals surface area contributed by atoms with Crippen molar-refractivity contribution in [1.29, 1.82) is 0 Å². The van der Waals surface area contributed by atoms with E-state index in [2.05, 4.69) is 4.74 Å². The van der Waals surface area contributed by atoms with E-state index in [1.807, 2.05) is 0 Å². The standard InChI is InChI=1S/C9H9F2NO2/c1-12(9(13)14-2)8-4-3-6(10)5-7(8)11/h3-5H,1-2H3. The molecule has 3 nitrogen and oxygen atoms in total. The number of hydrogen-bond acceptors (Lipinski definition) is 2. The van der Waals surface area contributed by atoms with E-state index in [-0.39, 0.29) is 5.69 Å². The molecule has 0 aromatic heterocycles. The van der Waals surface area contributed by atoms with Gasteiger partial charge in [-0.15, -0.1) is 0 Å². The van der Waals surface area contributed by atoms with Gasteiger partial charge in [0.25, 0.3) is 0 Å². The van der Waals surface area contributed by atoms with Crippen molar-refractivity contribution in [2.45, 2.75) is 0 Å². The number of halogens is 2. The molecule has 0 atom stereocenters. The largest absolute Gasteiger partial charge is 0.452 e. The lowest BCUT2D eigenvalue weighted by atomic mass is 10.3. The first-order valence-corrected chi connectivity index (χ1v) is 3.83. The van der Waals surface area contributed by atoms with Crippen LogP contribution in [0.5, 0.6) is 0 Å². The number of anilines is 1. The van der Waals surface area contributed by atoms with Gasteiger partial charge in [0.05, 0.1) is 12.8 Å². The Hall–Kier alpha value is -1.65. The van der Waals surface area contributed by atoms with Crippen molar-refractivity contribution in [3.8, 4) is 0 Å². The molecule has 1 aromatic rings. The quantitative estimate of drug-likeness (QED) is 0.696. The average molecular weight is 201 g/mol. The molecule has 0 N–H and O–H groups in total. The molecule has 0 aliphatic carbocycles. The molecule has 76 valence electrons. The number of ether oxygens (including phenoxy) is 1. The molecule has 1 aromatic carbocycles. The van der Waals surface area contributed by atoms with Crippen LogP contribution in [-0.4, -0.2) is 20.3 Å². The molecule has 0 aliphatic rings. The SMILES string of the molecule is COC(=O)N(C)c1ccc(F)cc1F. The first kappa shape index (κ1) is 10.4. The lowest BCUT2D eigenvalue weighted by Gasteiger charge is -2.15. The number of methoxy groups -OCH3 is 1. The predicted molar refractivity (Wildman–Crippen MR) is 47.2 cm³/mol. The van der Waals surface area contributed by atoms with Crippen LogP contribution in [0.25, 0.3) is 0 Å². The van der Waals surface area contributed by atoms with Gasteiger partial charge in [-0.05, 0) is 12.1 Å². The summed E-state index contributed by atoms with van der Waals surface area (Å²) in [5.41, 5.74) is -0.0294. The predicted octanol–water partition coefficient (Wildman–Crippen LogP) is 2.17. The third kappa shape index (κ3) is 1.99. The van der Waals surface area contributed by atoms with Crippen LogP contribution in [0.15, 0.2) is 18.2 Å². The van der Waals surface area contributed by atoms with Crippen LogP contribution in [0.2, 0.25) is 0 Å². The average Bonchev–Trinajstić information content (AvgIpc) is 2.15.